The third kappa shape index (κ3) is 1.27. The highest BCUT2D eigenvalue weighted by Crippen LogP contribution is 2.39. The van der Waals surface area contributed by atoms with Gasteiger partial charge in [0.2, 0.25) is 0 Å². The van der Waals surface area contributed by atoms with Gasteiger partial charge in [0.1, 0.15) is 5.69 Å². The summed E-state index contributed by atoms with van der Waals surface area (Å²) in [5, 5.41) is 1.99. The van der Waals surface area contributed by atoms with Crippen LogP contribution in [0, 0.1) is 0 Å². The predicted octanol–water partition coefficient (Wildman–Crippen LogP) is 0.969. The Balaban J connectivity index is 2.00. The second-order valence-electron chi connectivity index (χ2n) is 4.32. The van der Waals surface area contributed by atoms with Crippen molar-refractivity contribution in [1.82, 2.24) is 0 Å². The predicted molar refractivity (Wildman–Crippen MR) is 70.8 cm³/mol. The van der Waals surface area contributed by atoms with Gasteiger partial charge in [-0.1, -0.05) is 30.3 Å². The summed E-state index contributed by atoms with van der Waals surface area (Å²) in [5.74, 6) is 0. The molecule has 2 aromatic carbocycles. The molecule has 0 spiro atoms. The molecule has 0 N–H and O–H groups in total. The fraction of sp³-hybridized carbons (Fsp3) is 0.0714. The zero-order valence-electron chi connectivity index (χ0n) is 9.48. The molecular weight excluding hydrogens is 244 g/mol. The summed E-state index contributed by atoms with van der Waals surface area (Å²) in [7, 11) is 0. The quantitative estimate of drug-likeness (QED) is 0.657. The van der Waals surface area contributed by atoms with E-state index in [1.807, 2.05) is 59.6 Å². The molecule has 0 fully saturated rings. The Morgan fingerprint density at radius 1 is 1.06 bits per heavy atom. The minimum Gasteiger partial charge on any atom is -0.608 e. The normalized spacial score (nSPS) is 23.5. The van der Waals surface area contributed by atoms with E-state index < -0.39 is 11.2 Å². The minimum absolute atomic E-state index is 0.308. The van der Waals surface area contributed by atoms with Gasteiger partial charge in [0, 0.05) is 22.6 Å². The van der Waals surface area contributed by atoms with Crippen LogP contribution in [0.3, 0.4) is 0 Å². The lowest BCUT2D eigenvalue weighted by atomic mass is 10.2. The molecule has 2 atom stereocenters. The highest BCUT2D eigenvalue weighted by molar-refractivity contribution is 7.92. The van der Waals surface area contributed by atoms with E-state index in [2.05, 4.69) is 4.99 Å². The molecule has 0 aromatic heterocycles. The van der Waals surface area contributed by atoms with Gasteiger partial charge in [-0.15, -0.1) is 0 Å². The standard InChI is InChI=1S/C14H10N2OS/c17-18-13-8-4-3-7-12(13)16-9-10-5-1-2-6-11(10)15-14(16)18/h1-9,14H. The van der Waals surface area contributed by atoms with Crippen molar-refractivity contribution in [3.8, 4) is 0 Å². The van der Waals surface area contributed by atoms with Gasteiger partial charge in [-0.25, -0.2) is 4.99 Å². The summed E-state index contributed by atoms with van der Waals surface area (Å²) in [4.78, 5) is 7.48. The molecule has 4 heteroatoms. The third-order valence-electron chi connectivity index (χ3n) is 3.25. The van der Waals surface area contributed by atoms with Gasteiger partial charge < -0.3 is 4.55 Å². The molecule has 18 heavy (non-hydrogen) atoms. The van der Waals surface area contributed by atoms with Crippen molar-refractivity contribution < 1.29 is 4.55 Å². The minimum atomic E-state index is -1.09. The molecular formula is C14H10N2OS. The number of nitrogens with zero attached hydrogens (tertiary/aromatic N) is 2. The summed E-state index contributed by atoms with van der Waals surface area (Å²) in [6, 6.07) is 15.7. The Morgan fingerprint density at radius 2 is 1.83 bits per heavy atom. The van der Waals surface area contributed by atoms with Gasteiger partial charge in [0.05, 0.1) is 5.36 Å². The number of anilines is 1. The molecule has 2 aromatic rings. The van der Waals surface area contributed by atoms with Crippen molar-refractivity contribution in [2.24, 2.45) is 4.99 Å². The lowest BCUT2D eigenvalue weighted by Crippen LogP contribution is -2.42. The van der Waals surface area contributed by atoms with Crippen LogP contribution in [-0.2, 0) is 11.2 Å². The van der Waals surface area contributed by atoms with Gasteiger partial charge in [0.25, 0.3) is 5.50 Å². The molecule has 3 nitrogen and oxygen atoms in total. The maximum atomic E-state index is 12.4. The maximum Gasteiger partial charge on any atom is 0.294 e. The third-order valence-corrected chi connectivity index (χ3v) is 4.75. The van der Waals surface area contributed by atoms with Crippen molar-refractivity contribution in [3.63, 3.8) is 0 Å². The number of benzene rings is 2. The van der Waals surface area contributed by atoms with Crippen LogP contribution in [0.1, 0.15) is 0 Å². The Morgan fingerprint density at radius 3 is 2.78 bits per heavy atom. The number of para-hydroxylation sites is 2. The van der Waals surface area contributed by atoms with E-state index in [-0.39, 0.29) is 5.50 Å². The molecule has 4 rings (SSSR count). The molecule has 0 saturated carbocycles. The van der Waals surface area contributed by atoms with Crippen molar-refractivity contribution in [3.05, 3.63) is 59.1 Å². The van der Waals surface area contributed by atoms with E-state index in [1.54, 1.807) is 0 Å². The van der Waals surface area contributed by atoms with E-state index in [0.29, 0.717) is 0 Å². The first-order valence-corrected chi connectivity index (χ1v) is 6.98. The highest BCUT2D eigenvalue weighted by Gasteiger charge is 2.41. The second kappa shape index (κ2) is 3.60. The molecule has 2 aliphatic heterocycles. The van der Waals surface area contributed by atoms with E-state index in [1.165, 1.54) is 0 Å². The van der Waals surface area contributed by atoms with Gasteiger partial charge in [0.15, 0.2) is 4.90 Å². The number of rotatable bonds is 0. The first kappa shape index (κ1) is 10.2. The average Bonchev–Trinajstić information content (AvgIpc) is 2.71. The van der Waals surface area contributed by atoms with Crippen LogP contribution in [0.5, 0.6) is 0 Å². The van der Waals surface area contributed by atoms with E-state index in [4.69, 9.17) is 0 Å². The first-order valence-electron chi connectivity index (χ1n) is 5.77. The molecule has 0 saturated heterocycles. The van der Waals surface area contributed by atoms with Crippen LogP contribution in [0.2, 0.25) is 0 Å². The number of hydrogen-bond acceptors (Lipinski definition) is 3. The summed E-state index contributed by atoms with van der Waals surface area (Å²) in [6.07, 6.45) is 2.04. The molecule has 2 heterocycles. The van der Waals surface area contributed by atoms with Crippen LogP contribution in [0.15, 0.2) is 58.4 Å². The SMILES string of the molecule is [O-][S+]1c2ccccc2N2C=c3ccccc3=NC21. The van der Waals surface area contributed by atoms with Gasteiger partial charge in [-0.05, 0) is 18.2 Å². The van der Waals surface area contributed by atoms with Crippen LogP contribution >= 0.6 is 0 Å². The molecule has 2 aliphatic rings. The van der Waals surface area contributed by atoms with E-state index >= 15 is 0 Å². The van der Waals surface area contributed by atoms with E-state index in [9.17, 15) is 4.55 Å². The molecule has 0 radical (unpaired) electrons. The fourth-order valence-corrected chi connectivity index (χ4v) is 3.81. The zero-order chi connectivity index (χ0) is 12.1. The van der Waals surface area contributed by atoms with Crippen LogP contribution < -0.4 is 15.5 Å². The van der Waals surface area contributed by atoms with E-state index in [0.717, 1.165) is 21.2 Å². The first-order chi connectivity index (χ1) is 8.84. The topological polar surface area (TPSA) is 38.7 Å². The molecule has 2 unspecified atom stereocenters. The summed E-state index contributed by atoms with van der Waals surface area (Å²) in [5.41, 5.74) is 0.691. The Hall–Kier alpha value is -1.78. The second-order valence-corrected chi connectivity index (χ2v) is 5.77. The number of hydrogen-bond donors (Lipinski definition) is 0. The molecule has 0 bridgehead atoms. The van der Waals surface area contributed by atoms with Crippen LogP contribution in [-0.4, -0.2) is 10.1 Å². The molecule has 0 aliphatic carbocycles. The van der Waals surface area contributed by atoms with Crippen LogP contribution in [0.25, 0.3) is 6.20 Å². The highest BCUT2D eigenvalue weighted by atomic mass is 32.2. The molecule has 0 amide bonds. The van der Waals surface area contributed by atoms with Gasteiger partial charge in [-0.3, -0.25) is 4.90 Å². The van der Waals surface area contributed by atoms with Crippen molar-refractivity contribution in [1.29, 1.82) is 0 Å². The maximum absolute atomic E-state index is 12.4. The Labute approximate surface area is 107 Å². The number of fused-ring (bicyclic) bond motifs is 4. The lowest BCUT2D eigenvalue weighted by molar-refractivity contribution is 0.586. The van der Waals surface area contributed by atoms with Crippen molar-refractivity contribution >= 4 is 23.1 Å². The Bertz CT molecular complexity index is 743. The monoisotopic (exact) mass is 254 g/mol. The van der Waals surface area contributed by atoms with Crippen molar-refractivity contribution in [2.45, 2.75) is 10.4 Å². The zero-order valence-corrected chi connectivity index (χ0v) is 10.3. The summed E-state index contributed by atoms with van der Waals surface area (Å²) < 4.78 is 12.4. The van der Waals surface area contributed by atoms with Crippen LogP contribution in [0.4, 0.5) is 5.69 Å². The fourth-order valence-electron chi connectivity index (χ4n) is 2.40. The largest absolute Gasteiger partial charge is 0.608 e. The summed E-state index contributed by atoms with van der Waals surface area (Å²) in [6.45, 7) is 0. The van der Waals surface area contributed by atoms with Gasteiger partial charge >= 0.3 is 0 Å². The van der Waals surface area contributed by atoms with Crippen molar-refractivity contribution in [2.75, 3.05) is 4.90 Å². The van der Waals surface area contributed by atoms with Gasteiger partial charge in [-0.2, -0.15) is 0 Å². The average molecular weight is 254 g/mol. The Kier molecular flexibility index (Phi) is 2.04. The molecule has 88 valence electrons. The smallest absolute Gasteiger partial charge is 0.294 e. The summed E-state index contributed by atoms with van der Waals surface area (Å²) >= 11 is -1.09. The lowest BCUT2D eigenvalue weighted by Gasteiger charge is -2.20.